The summed E-state index contributed by atoms with van der Waals surface area (Å²) in [5, 5.41) is 9.75. The van der Waals surface area contributed by atoms with E-state index < -0.39 is 12.1 Å². The average molecular weight is 348 g/mol. The summed E-state index contributed by atoms with van der Waals surface area (Å²) in [7, 11) is 0. The summed E-state index contributed by atoms with van der Waals surface area (Å²) in [5.74, 6) is 0.768. The molecule has 0 aliphatic heterocycles. The summed E-state index contributed by atoms with van der Waals surface area (Å²) < 4.78 is 10.3. The van der Waals surface area contributed by atoms with Gasteiger partial charge in [0.05, 0.1) is 0 Å². The van der Waals surface area contributed by atoms with Crippen LogP contribution in [0.25, 0.3) is 0 Å². The maximum absolute atomic E-state index is 10.9. The highest BCUT2D eigenvalue weighted by atomic mass is 16.5. The number of aliphatic hydroxyl groups excluding tert-OH is 1. The van der Waals surface area contributed by atoms with Gasteiger partial charge in [0, 0.05) is 6.08 Å². The Hall–Kier alpha value is -1.81. The first-order chi connectivity index (χ1) is 12.1. The predicted octanol–water partition coefficient (Wildman–Crippen LogP) is 4.62. The van der Waals surface area contributed by atoms with Crippen molar-refractivity contribution >= 4 is 5.97 Å². The summed E-state index contributed by atoms with van der Waals surface area (Å²) in [6.45, 7) is 7.74. The lowest BCUT2D eigenvalue weighted by molar-refractivity contribution is -0.141. The number of esters is 1. The van der Waals surface area contributed by atoms with E-state index in [1.54, 1.807) is 0 Å². The van der Waals surface area contributed by atoms with Crippen molar-refractivity contribution in [2.45, 2.75) is 64.4 Å². The number of benzene rings is 1. The van der Waals surface area contributed by atoms with Gasteiger partial charge in [-0.3, -0.25) is 0 Å². The van der Waals surface area contributed by atoms with Gasteiger partial charge in [0.15, 0.2) is 0 Å². The van der Waals surface area contributed by atoms with E-state index in [0.717, 1.165) is 6.08 Å². The molecule has 2 atom stereocenters. The second-order valence-electron chi connectivity index (χ2n) is 6.35. The van der Waals surface area contributed by atoms with Crippen LogP contribution in [0.5, 0.6) is 5.75 Å². The number of hydrogen-bond donors (Lipinski definition) is 1. The van der Waals surface area contributed by atoms with Gasteiger partial charge in [-0.1, -0.05) is 58.2 Å². The van der Waals surface area contributed by atoms with Gasteiger partial charge in [-0.05, 0) is 36.5 Å². The van der Waals surface area contributed by atoms with Gasteiger partial charge < -0.3 is 14.6 Å². The molecule has 0 aliphatic carbocycles. The molecule has 0 fully saturated rings. The Kier molecular flexibility index (Phi) is 10.6. The number of unbranched alkanes of at least 4 members (excludes halogenated alkanes) is 2. The van der Waals surface area contributed by atoms with Crippen LogP contribution in [0, 0.1) is 0 Å². The molecule has 0 saturated carbocycles. The van der Waals surface area contributed by atoms with E-state index in [0.29, 0.717) is 11.7 Å². The van der Waals surface area contributed by atoms with Crippen LogP contribution >= 0.6 is 0 Å². The van der Waals surface area contributed by atoms with E-state index in [4.69, 9.17) is 9.47 Å². The summed E-state index contributed by atoms with van der Waals surface area (Å²) in [4.78, 5) is 10.9. The molecule has 2 unspecified atom stereocenters. The SMILES string of the molecule is C=CC(=O)OCC(O)COc1ccc(C(CCC)CCCCC)cc1. The third-order valence-corrected chi connectivity index (χ3v) is 4.17. The van der Waals surface area contributed by atoms with Crippen molar-refractivity contribution in [1.82, 2.24) is 0 Å². The fourth-order valence-corrected chi connectivity index (χ4v) is 2.78. The topological polar surface area (TPSA) is 55.8 Å². The van der Waals surface area contributed by atoms with Gasteiger partial charge in [-0.25, -0.2) is 4.79 Å². The van der Waals surface area contributed by atoms with Crippen LogP contribution in [0.4, 0.5) is 0 Å². The van der Waals surface area contributed by atoms with Crippen LogP contribution in [-0.2, 0) is 9.53 Å². The second kappa shape index (κ2) is 12.5. The molecule has 4 nitrogen and oxygen atoms in total. The zero-order chi connectivity index (χ0) is 18.5. The monoisotopic (exact) mass is 348 g/mol. The number of hydrogen-bond acceptors (Lipinski definition) is 4. The molecule has 0 aromatic heterocycles. The molecule has 4 heteroatoms. The fourth-order valence-electron chi connectivity index (χ4n) is 2.78. The molecule has 1 N–H and O–H groups in total. The molecular weight excluding hydrogens is 316 g/mol. The Morgan fingerprint density at radius 2 is 1.84 bits per heavy atom. The van der Waals surface area contributed by atoms with Crippen LogP contribution < -0.4 is 4.74 Å². The molecule has 0 aliphatic rings. The molecule has 0 bridgehead atoms. The molecule has 140 valence electrons. The van der Waals surface area contributed by atoms with E-state index >= 15 is 0 Å². The highest BCUT2D eigenvalue weighted by Gasteiger charge is 2.11. The molecule has 25 heavy (non-hydrogen) atoms. The standard InChI is InChI=1S/C21H32O4/c1-4-7-8-10-17(9-5-2)18-11-13-20(14-12-18)24-15-19(22)16-25-21(23)6-3/h6,11-14,17,19,22H,3-5,7-10,15-16H2,1-2H3. The highest BCUT2D eigenvalue weighted by molar-refractivity contribution is 5.81. The van der Waals surface area contributed by atoms with E-state index in [1.807, 2.05) is 12.1 Å². The van der Waals surface area contributed by atoms with Gasteiger partial charge in [0.1, 0.15) is 25.1 Å². The molecule has 0 amide bonds. The molecule has 0 heterocycles. The maximum Gasteiger partial charge on any atom is 0.330 e. The van der Waals surface area contributed by atoms with Crippen LogP contribution in [0.1, 0.15) is 63.9 Å². The Morgan fingerprint density at radius 3 is 2.44 bits per heavy atom. The molecule has 0 spiro atoms. The normalized spacial score (nSPS) is 13.1. The van der Waals surface area contributed by atoms with Gasteiger partial charge in [-0.2, -0.15) is 0 Å². The van der Waals surface area contributed by atoms with Crippen molar-refractivity contribution in [1.29, 1.82) is 0 Å². The number of carbonyl (C=O) groups is 1. The van der Waals surface area contributed by atoms with Crippen molar-refractivity contribution in [3.63, 3.8) is 0 Å². The number of ether oxygens (including phenoxy) is 2. The number of rotatable bonds is 13. The lowest BCUT2D eigenvalue weighted by Crippen LogP contribution is -2.24. The zero-order valence-corrected chi connectivity index (χ0v) is 15.6. The molecule has 0 radical (unpaired) electrons. The minimum atomic E-state index is -0.856. The third kappa shape index (κ3) is 8.73. The van der Waals surface area contributed by atoms with E-state index in [-0.39, 0.29) is 13.2 Å². The Labute approximate surface area is 151 Å². The molecule has 0 saturated heterocycles. The van der Waals surface area contributed by atoms with Crippen molar-refractivity contribution in [3.05, 3.63) is 42.5 Å². The van der Waals surface area contributed by atoms with Crippen molar-refractivity contribution in [2.75, 3.05) is 13.2 Å². The predicted molar refractivity (Wildman–Crippen MR) is 101 cm³/mol. The third-order valence-electron chi connectivity index (χ3n) is 4.17. The largest absolute Gasteiger partial charge is 0.491 e. The quantitative estimate of drug-likeness (QED) is 0.321. The Bertz CT molecular complexity index is 495. The van der Waals surface area contributed by atoms with E-state index in [9.17, 15) is 9.90 Å². The van der Waals surface area contributed by atoms with Crippen LogP contribution in [0.15, 0.2) is 36.9 Å². The fraction of sp³-hybridized carbons (Fsp3) is 0.571. The lowest BCUT2D eigenvalue weighted by Gasteiger charge is -2.17. The van der Waals surface area contributed by atoms with Gasteiger partial charge in [-0.15, -0.1) is 0 Å². The van der Waals surface area contributed by atoms with Crippen molar-refractivity contribution in [2.24, 2.45) is 0 Å². The maximum atomic E-state index is 10.9. The first-order valence-electron chi connectivity index (χ1n) is 9.30. The van der Waals surface area contributed by atoms with Gasteiger partial charge in [0.2, 0.25) is 0 Å². The number of aliphatic hydroxyl groups is 1. The second-order valence-corrected chi connectivity index (χ2v) is 6.35. The zero-order valence-electron chi connectivity index (χ0n) is 15.6. The van der Waals surface area contributed by atoms with E-state index in [2.05, 4.69) is 32.6 Å². The van der Waals surface area contributed by atoms with E-state index in [1.165, 1.54) is 44.1 Å². The first kappa shape index (κ1) is 21.2. The minimum absolute atomic E-state index is 0.0820. The Balaban J connectivity index is 2.47. The van der Waals surface area contributed by atoms with Crippen LogP contribution in [-0.4, -0.2) is 30.4 Å². The van der Waals surface area contributed by atoms with Gasteiger partial charge >= 0.3 is 5.97 Å². The van der Waals surface area contributed by atoms with Gasteiger partial charge in [0.25, 0.3) is 0 Å². The molecule has 1 rings (SSSR count). The van der Waals surface area contributed by atoms with Crippen molar-refractivity contribution in [3.8, 4) is 5.75 Å². The minimum Gasteiger partial charge on any atom is -0.491 e. The summed E-state index contributed by atoms with van der Waals surface area (Å²) in [6, 6.07) is 8.12. The Morgan fingerprint density at radius 1 is 1.12 bits per heavy atom. The van der Waals surface area contributed by atoms with Crippen molar-refractivity contribution < 1.29 is 19.4 Å². The highest BCUT2D eigenvalue weighted by Crippen LogP contribution is 2.28. The number of carbonyl (C=O) groups excluding carboxylic acids is 1. The smallest absolute Gasteiger partial charge is 0.330 e. The van der Waals surface area contributed by atoms with Crippen LogP contribution in [0.2, 0.25) is 0 Å². The lowest BCUT2D eigenvalue weighted by atomic mass is 9.89. The van der Waals surface area contributed by atoms with Crippen LogP contribution in [0.3, 0.4) is 0 Å². The summed E-state index contributed by atoms with van der Waals surface area (Å²) in [6.07, 6.45) is 7.64. The first-order valence-corrected chi connectivity index (χ1v) is 9.30. The molecule has 1 aromatic carbocycles. The molecular formula is C21H32O4. The summed E-state index contributed by atoms with van der Waals surface area (Å²) in [5.41, 5.74) is 1.35. The average Bonchev–Trinajstić information content (AvgIpc) is 2.64. The summed E-state index contributed by atoms with van der Waals surface area (Å²) >= 11 is 0. The molecule has 1 aromatic rings.